The summed E-state index contributed by atoms with van der Waals surface area (Å²) in [7, 11) is 7.90. The second-order valence-electron chi connectivity index (χ2n) is 25.5. The molecule has 0 fully saturated rings. The SMILES string of the molecule is COc1cc(OC)c(C#Cc2cc(Oc3cnc(C)nc3N)c(C(C)C)cn2)c(OC)c1.COc1ccc(C#Cc2cc(Oc3cnc(C)nc3N)c(C(C)C)cn2)c(OC)c1.Cc1ncc(Oc2cc(C#CCO)ncc2C(C)C)c(N)n1.Cc1ncc(Oc2cc(C#Cc3ccc(O)cc3O)ncc2C(C)C)c(N)n1. The van der Waals surface area contributed by atoms with Gasteiger partial charge < -0.3 is 80.9 Å². The van der Waals surface area contributed by atoms with Gasteiger partial charge in [-0.05, 0) is 99.3 Å². The summed E-state index contributed by atoms with van der Waals surface area (Å²) in [5, 5.41) is 28.0. The zero-order valence-electron chi connectivity index (χ0n) is 65.3. The Hall–Kier alpha value is -14.2. The number of nitrogen functional groups attached to an aromatic ring is 4. The van der Waals surface area contributed by atoms with E-state index in [0.717, 1.165) is 27.8 Å². The van der Waals surface area contributed by atoms with Crippen LogP contribution in [0.4, 0.5) is 23.3 Å². The number of aliphatic hydroxyl groups excluding tert-OH is 1. The first kappa shape index (κ1) is 83.4. The third-order valence-corrected chi connectivity index (χ3v) is 15.9. The normalized spacial score (nSPS) is 10.3. The van der Waals surface area contributed by atoms with E-state index in [0.29, 0.717) is 132 Å². The minimum Gasteiger partial charge on any atom is -0.508 e. The Bertz CT molecular complexity index is 5420. The van der Waals surface area contributed by atoms with E-state index in [-0.39, 0.29) is 65.0 Å². The van der Waals surface area contributed by atoms with E-state index in [1.54, 1.807) is 149 Å². The molecule has 28 heteroatoms. The standard InChI is InChI=1S/C24H26N4O4.C23H24N4O3.C21H20N4O3.C16H18N4O2/c1-14(2)19-12-27-16(9-22(19)32-23-13-26-15(3)28-24(23)25)7-8-18-20(30-5)10-17(29-4)11-21(18)31-6;1-14(2)19-12-26-17(8-6-16-7-9-18(28-4)11-20(16)29-5)10-21(19)30-22-13-25-15(3)27-23(22)24;1-12(2)17-10-24-15(6-4-14-5-7-16(26)9-18(14)27)8-19(17)28-20-11-23-13(3)25-21(20)22;1-10(2)13-8-19-12(5-4-6-21)7-14(13)22-15-9-18-11(3)20-16(15)17/h9-14H,1-6H3,(H2,25,26,28);7,9-14H,1-5H3,(H2,24,25,27);5,7-12,26-27H,1-3H3,(H2,22,23,25);7-10,21H,6H2,1-3H3,(H2,17,18,20). The molecular weight excluding hydrogens is 1430 g/mol. The summed E-state index contributed by atoms with van der Waals surface area (Å²) in [6.07, 6.45) is 13.1. The molecule has 28 nitrogen and oxygen atoms in total. The fourth-order valence-corrected chi connectivity index (χ4v) is 10.0. The van der Waals surface area contributed by atoms with Crippen LogP contribution in [0.5, 0.6) is 86.2 Å². The molecule has 112 heavy (non-hydrogen) atoms. The van der Waals surface area contributed by atoms with Gasteiger partial charge in [0.05, 0.1) is 71.5 Å². The van der Waals surface area contributed by atoms with Crippen LogP contribution in [0.25, 0.3) is 0 Å². The summed E-state index contributed by atoms with van der Waals surface area (Å²) in [5.41, 5.74) is 31.2. The summed E-state index contributed by atoms with van der Waals surface area (Å²) in [6.45, 7) is 23.2. The number of phenolic OH excluding ortho intramolecular Hbond substituents is 2. The number of anilines is 4. The lowest BCUT2D eigenvalue weighted by atomic mass is 10.0. The number of ether oxygens (including phenoxy) is 9. The molecule has 11 N–H and O–H groups in total. The number of rotatable bonds is 17. The molecule has 8 aromatic heterocycles. The Labute approximate surface area is 650 Å². The van der Waals surface area contributed by atoms with Crippen LogP contribution in [-0.4, -0.2) is 117 Å². The summed E-state index contributed by atoms with van der Waals surface area (Å²) < 4.78 is 50.7. The van der Waals surface area contributed by atoms with Crippen LogP contribution >= 0.6 is 0 Å². The van der Waals surface area contributed by atoms with Crippen molar-refractivity contribution in [2.45, 2.75) is 107 Å². The highest BCUT2D eigenvalue weighted by Crippen LogP contribution is 2.39. The van der Waals surface area contributed by atoms with Crippen molar-refractivity contribution in [1.29, 1.82) is 0 Å². The number of aryl methyl sites for hydroxylation is 4. The monoisotopic (exact) mass is 1510 g/mol. The third-order valence-electron chi connectivity index (χ3n) is 15.9. The molecule has 0 atom stereocenters. The summed E-state index contributed by atoms with van der Waals surface area (Å²) in [4.78, 5) is 50.6. The fourth-order valence-electron chi connectivity index (χ4n) is 10.0. The molecular formula is C84H88N16O12. The predicted molar refractivity (Wildman–Crippen MR) is 426 cm³/mol. The second-order valence-corrected chi connectivity index (χ2v) is 25.5. The maximum atomic E-state index is 9.85. The van der Waals surface area contributed by atoms with Crippen molar-refractivity contribution < 1.29 is 58.0 Å². The molecule has 0 unspecified atom stereocenters. The maximum absolute atomic E-state index is 9.85. The van der Waals surface area contributed by atoms with E-state index in [4.69, 9.17) is 70.7 Å². The van der Waals surface area contributed by atoms with E-state index < -0.39 is 0 Å². The smallest absolute Gasteiger partial charge is 0.187 e. The number of aromatic hydroxyl groups is 2. The highest BCUT2D eigenvalue weighted by atomic mass is 16.5. The topological polar surface area (TPSA) is 403 Å². The first-order valence-corrected chi connectivity index (χ1v) is 34.9. The molecule has 0 saturated carbocycles. The zero-order chi connectivity index (χ0) is 81.3. The van der Waals surface area contributed by atoms with Gasteiger partial charge in [0.25, 0.3) is 0 Å². The molecule has 8 heterocycles. The van der Waals surface area contributed by atoms with E-state index >= 15 is 0 Å². The zero-order valence-corrected chi connectivity index (χ0v) is 65.3. The average molecular weight is 1510 g/mol. The number of pyridine rings is 4. The van der Waals surface area contributed by atoms with Gasteiger partial charge in [-0.3, -0.25) is 0 Å². The molecule has 0 bridgehead atoms. The lowest BCUT2D eigenvalue weighted by molar-refractivity contribution is 0.350. The Balaban J connectivity index is 0.000000189. The lowest BCUT2D eigenvalue weighted by Gasteiger charge is -2.14. The van der Waals surface area contributed by atoms with Crippen LogP contribution in [0.15, 0.2) is 122 Å². The van der Waals surface area contributed by atoms with Gasteiger partial charge in [-0.15, -0.1) is 0 Å². The van der Waals surface area contributed by atoms with Crippen molar-refractivity contribution in [1.82, 2.24) is 59.8 Å². The van der Waals surface area contributed by atoms with Gasteiger partial charge in [-0.25, -0.2) is 59.8 Å². The molecule has 3 aromatic carbocycles. The van der Waals surface area contributed by atoms with E-state index in [2.05, 4.69) is 135 Å². The van der Waals surface area contributed by atoms with Crippen molar-refractivity contribution >= 4 is 23.3 Å². The highest BCUT2D eigenvalue weighted by Gasteiger charge is 2.20. The van der Waals surface area contributed by atoms with Gasteiger partial charge in [0.2, 0.25) is 0 Å². The van der Waals surface area contributed by atoms with Gasteiger partial charge in [-0.1, -0.05) is 79.1 Å². The molecule has 0 aliphatic heterocycles. The second kappa shape index (κ2) is 39.6. The summed E-state index contributed by atoms with van der Waals surface area (Å²) in [5.74, 6) is 34.2. The highest BCUT2D eigenvalue weighted by molar-refractivity contribution is 5.62. The number of phenols is 2. The van der Waals surface area contributed by atoms with Gasteiger partial charge >= 0.3 is 0 Å². The first-order valence-electron chi connectivity index (χ1n) is 34.9. The summed E-state index contributed by atoms with van der Waals surface area (Å²) in [6, 6.07) is 20.1. The Morgan fingerprint density at radius 3 is 0.964 bits per heavy atom. The van der Waals surface area contributed by atoms with Gasteiger partial charge in [-0.2, -0.15) is 0 Å². The van der Waals surface area contributed by atoms with Crippen LogP contribution in [-0.2, 0) is 0 Å². The summed E-state index contributed by atoms with van der Waals surface area (Å²) >= 11 is 0. The van der Waals surface area contributed by atoms with Crippen molar-refractivity contribution in [3.05, 3.63) is 207 Å². The number of methoxy groups -OCH3 is 5. The number of benzene rings is 3. The van der Waals surface area contributed by atoms with Crippen LogP contribution in [0.1, 0.15) is 164 Å². The lowest BCUT2D eigenvalue weighted by Crippen LogP contribution is -2.02. The van der Waals surface area contributed by atoms with Crippen molar-refractivity contribution in [3.8, 4) is 134 Å². The predicted octanol–water partition coefficient (Wildman–Crippen LogP) is 13.7. The number of hydrogen-bond donors (Lipinski definition) is 7. The molecule has 0 saturated heterocycles. The Morgan fingerprint density at radius 1 is 0.330 bits per heavy atom. The molecule has 576 valence electrons. The van der Waals surface area contributed by atoms with Gasteiger partial charge in [0.1, 0.15) is 121 Å². The number of aromatic nitrogens is 12. The van der Waals surface area contributed by atoms with Crippen LogP contribution in [0.3, 0.4) is 0 Å². The fraction of sp³-hybridized carbons (Fsp3) is 0.262. The van der Waals surface area contributed by atoms with Gasteiger partial charge in [0.15, 0.2) is 46.3 Å². The molecule has 0 aliphatic carbocycles. The largest absolute Gasteiger partial charge is 0.508 e. The quantitative estimate of drug-likeness (QED) is 0.0416. The van der Waals surface area contributed by atoms with Crippen molar-refractivity contribution in [3.63, 3.8) is 0 Å². The number of hydrogen-bond acceptors (Lipinski definition) is 28. The minimum absolute atomic E-state index is 0.0314. The van der Waals surface area contributed by atoms with E-state index in [1.165, 1.54) is 24.4 Å². The number of aliphatic hydroxyl groups is 1. The van der Waals surface area contributed by atoms with Gasteiger partial charge in [0, 0.05) is 95.6 Å². The van der Waals surface area contributed by atoms with Crippen LogP contribution in [0.2, 0.25) is 0 Å². The maximum Gasteiger partial charge on any atom is 0.187 e. The molecule has 0 amide bonds. The van der Waals surface area contributed by atoms with E-state index in [9.17, 15) is 10.2 Å². The molecule has 0 radical (unpaired) electrons. The molecule has 11 rings (SSSR count). The minimum atomic E-state index is -0.220. The molecule has 0 aliphatic rings. The van der Waals surface area contributed by atoms with Crippen molar-refractivity contribution in [2.75, 3.05) is 65.1 Å². The van der Waals surface area contributed by atoms with Crippen LogP contribution < -0.4 is 65.6 Å². The molecule has 11 aromatic rings. The van der Waals surface area contributed by atoms with Crippen molar-refractivity contribution in [2.24, 2.45) is 0 Å². The van der Waals surface area contributed by atoms with Crippen LogP contribution in [0, 0.1) is 75.1 Å². The third kappa shape index (κ3) is 23.2. The molecule has 0 spiro atoms. The first-order chi connectivity index (χ1) is 53.6. The Morgan fingerprint density at radius 2 is 0.652 bits per heavy atom. The number of nitrogens with two attached hydrogens (primary N) is 4. The Kier molecular flexibility index (Phi) is 29.5. The van der Waals surface area contributed by atoms with E-state index in [1.807, 2.05) is 39.8 Å². The average Bonchev–Trinajstić information content (AvgIpc) is 0.792. The number of nitrogens with zero attached hydrogens (tertiary/aromatic N) is 12.